The third-order valence-electron chi connectivity index (χ3n) is 3.68. The van der Waals surface area contributed by atoms with Crippen LogP contribution in [0.1, 0.15) is 12.0 Å². The summed E-state index contributed by atoms with van der Waals surface area (Å²) < 4.78 is 5.66. The molecule has 6 nitrogen and oxygen atoms in total. The number of ether oxygens (including phenoxy) is 1. The number of para-hydroxylation sites is 1. The van der Waals surface area contributed by atoms with Crippen molar-refractivity contribution in [2.75, 3.05) is 40.3 Å². The van der Waals surface area contributed by atoms with E-state index in [4.69, 9.17) is 4.74 Å². The topological polar surface area (TPSA) is 61.9 Å². The van der Waals surface area contributed by atoms with Gasteiger partial charge in [-0.1, -0.05) is 24.3 Å². The second kappa shape index (κ2) is 9.08. The van der Waals surface area contributed by atoms with Gasteiger partial charge in [0.25, 0.3) is 0 Å². The lowest BCUT2D eigenvalue weighted by molar-refractivity contribution is -0.131. The van der Waals surface area contributed by atoms with E-state index in [-0.39, 0.29) is 18.2 Å². The molecule has 0 aromatic heterocycles. The summed E-state index contributed by atoms with van der Waals surface area (Å²) in [5, 5.41) is 2.74. The number of hydrogen-bond donors (Lipinski definition) is 1. The molecule has 2 rings (SSSR count). The molecule has 2 amide bonds. The number of nitrogens with one attached hydrogen (secondary N) is 1. The van der Waals surface area contributed by atoms with Gasteiger partial charge in [0.2, 0.25) is 11.8 Å². The van der Waals surface area contributed by atoms with Crippen molar-refractivity contribution in [2.24, 2.45) is 0 Å². The van der Waals surface area contributed by atoms with Gasteiger partial charge >= 0.3 is 0 Å². The smallest absolute Gasteiger partial charge is 0.243 e. The quantitative estimate of drug-likeness (QED) is 0.791. The SMILES string of the molecule is CN(C)C/C=C/C(=O)NCCC(=O)N1CCOc2ccccc2C1. The predicted molar refractivity (Wildman–Crippen MR) is 92.7 cm³/mol. The highest BCUT2D eigenvalue weighted by molar-refractivity contribution is 5.88. The molecule has 1 aliphatic heterocycles. The second-order valence-corrected chi connectivity index (χ2v) is 5.98. The fraction of sp³-hybridized carbons (Fsp3) is 0.444. The van der Waals surface area contributed by atoms with Crippen molar-refractivity contribution in [2.45, 2.75) is 13.0 Å². The van der Waals surface area contributed by atoms with Gasteiger partial charge in [-0.25, -0.2) is 0 Å². The van der Waals surface area contributed by atoms with Crippen molar-refractivity contribution >= 4 is 11.8 Å². The Morgan fingerprint density at radius 3 is 2.92 bits per heavy atom. The van der Waals surface area contributed by atoms with Crippen LogP contribution in [-0.4, -0.2) is 62.0 Å². The van der Waals surface area contributed by atoms with Gasteiger partial charge in [-0.05, 0) is 20.2 Å². The number of carbonyl (C=O) groups is 2. The Hall–Kier alpha value is -2.34. The van der Waals surface area contributed by atoms with E-state index < -0.39 is 0 Å². The van der Waals surface area contributed by atoms with Crippen LogP contribution in [0.3, 0.4) is 0 Å². The molecule has 0 fully saturated rings. The van der Waals surface area contributed by atoms with E-state index in [9.17, 15) is 9.59 Å². The van der Waals surface area contributed by atoms with Crippen LogP contribution in [0.15, 0.2) is 36.4 Å². The van der Waals surface area contributed by atoms with Gasteiger partial charge in [0.1, 0.15) is 12.4 Å². The zero-order valence-electron chi connectivity index (χ0n) is 14.3. The summed E-state index contributed by atoms with van der Waals surface area (Å²) in [6, 6.07) is 7.76. The number of nitrogens with zero attached hydrogens (tertiary/aromatic N) is 2. The van der Waals surface area contributed by atoms with Crippen LogP contribution in [-0.2, 0) is 16.1 Å². The average molecular weight is 331 g/mol. The van der Waals surface area contributed by atoms with Crippen molar-refractivity contribution in [3.8, 4) is 5.75 Å². The monoisotopic (exact) mass is 331 g/mol. The molecule has 130 valence electrons. The van der Waals surface area contributed by atoms with Gasteiger partial charge < -0.3 is 19.9 Å². The Morgan fingerprint density at radius 1 is 1.33 bits per heavy atom. The van der Waals surface area contributed by atoms with Crippen molar-refractivity contribution in [3.63, 3.8) is 0 Å². The largest absolute Gasteiger partial charge is 0.491 e. The number of benzene rings is 1. The summed E-state index contributed by atoms with van der Waals surface area (Å²) >= 11 is 0. The number of hydrogen-bond acceptors (Lipinski definition) is 4. The molecule has 1 heterocycles. The first-order valence-corrected chi connectivity index (χ1v) is 8.14. The minimum atomic E-state index is -0.172. The minimum absolute atomic E-state index is 0.0212. The lowest BCUT2D eigenvalue weighted by Gasteiger charge is -2.19. The summed E-state index contributed by atoms with van der Waals surface area (Å²) in [5.41, 5.74) is 1.01. The summed E-state index contributed by atoms with van der Waals surface area (Å²) in [5.74, 6) is 0.689. The summed E-state index contributed by atoms with van der Waals surface area (Å²) in [7, 11) is 3.87. The number of fused-ring (bicyclic) bond motifs is 1. The van der Waals surface area contributed by atoms with Crippen LogP contribution in [0.5, 0.6) is 5.75 Å². The molecule has 0 bridgehead atoms. The molecule has 0 unspecified atom stereocenters. The standard InChI is InChI=1S/C18H25N3O3/c1-20(2)11-5-8-17(22)19-10-9-18(23)21-12-13-24-16-7-4-3-6-15(16)14-21/h3-8H,9-14H2,1-2H3,(H,19,22)/b8-5+. The summed E-state index contributed by atoms with van der Waals surface area (Å²) in [4.78, 5) is 27.7. The Labute approximate surface area is 143 Å². The van der Waals surface area contributed by atoms with E-state index in [0.29, 0.717) is 32.8 Å². The fourth-order valence-electron chi connectivity index (χ4n) is 2.42. The summed E-state index contributed by atoms with van der Waals surface area (Å²) in [6.07, 6.45) is 3.58. The Bertz CT molecular complexity index is 599. The number of likely N-dealkylation sites (N-methyl/N-ethyl adjacent to an activating group) is 1. The third-order valence-corrected chi connectivity index (χ3v) is 3.68. The van der Waals surface area contributed by atoms with E-state index in [1.807, 2.05) is 43.3 Å². The predicted octanol–water partition coefficient (Wildman–Crippen LogP) is 1.03. The van der Waals surface area contributed by atoms with Gasteiger partial charge in [0, 0.05) is 37.7 Å². The lowest BCUT2D eigenvalue weighted by atomic mass is 10.2. The van der Waals surface area contributed by atoms with Crippen molar-refractivity contribution in [3.05, 3.63) is 42.0 Å². The van der Waals surface area contributed by atoms with E-state index in [1.165, 1.54) is 6.08 Å². The highest BCUT2D eigenvalue weighted by atomic mass is 16.5. The van der Waals surface area contributed by atoms with Crippen LogP contribution in [0, 0.1) is 0 Å². The highest BCUT2D eigenvalue weighted by Gasteiger charge is 2.19. The van der Waals surface area contributed by atoms with Crippen LogP contribution < -0.4 is 10.1 Å². The molecule has 0 saturated heterocycles. The number of amides is 2. The zero-order chi connectivity index (χ0) is 17.4. The molecule has 0 radical (unpaired) electrons. The van der Waals surface area contributed by atoms with Gasteiger partial charge in [-0.3, -0.25) is 9.59 Å². The number of carbonyl (C=O) groups excluding carboxylic acids is 2. The van der Waals surface area contributed by atoms with Crippen molar-refractivity contribution in [1.82, 2.24) is 15.1 Å². The van der Waals surface area contributed by atoms with E-state index in [1.54, 1.807) is 11.0 Å². The Balaban J connectivity index is 1.76. The van der Waals surface area contributed by atoms with E-state index in [0.717, 1.165) is 11.3 Å². The molecule has 1 aliphatic rings. The normalized spacial score (nSPS) is 14.2. The molecule has 1 aromatic rings. The maximum Gasteiger partial charge on any atom is 0.243 e. The molecule has 1 aromatic carbocycles. The maximum atomic E-state index is 12.3. The molecule has 6 heteroatoms. The van der Waals surface area contributed by atoms with E-state index in [2.05, 4.69) is 5.32 Å². The fourth-order valence-corrected chi connectivity index (χ4v) is 2.42. The number of rotatable bonds is 6. The molecule has 0 saturated carbocycles. The van der Waals surface area contributed by atoms with E-state index >= 15 is 0 Å². The lowest BCUT2D eigenvalue weighted by Crippen LogP contribution is -2.35. The Morgan fingerprint density at radius 2 is 2.12 bits per heavy atom. The second-order valence-electron chi connectivity index (χ2n) is 5.98. The van der Waals surface area contributed by atoms with Gasteiger partial charge in [0.05, 0.1) is 6.54 Å². The molecule has 1 N–H and O–H groups in total. The van der Waals surface area contributed by atoms with Gasteiger partial charge in [0.15, 0.2) is 0 Å². The molecule has 24 heavy (non-hydrogen) atoms. The summed E-state index contributed by atoms with van der Waals surface area (Å²) in [6.45, 7) is 2.64. The first-order valence-electron chi connectivity index (χ1n) is 8.14. The minimum Gasteiger partial charge on any atom is -0.491 e. The van der Waals surface area contributed by atoms with Gasteiger partial charge in [-0.15, -0.1) is 0 Å². The average Bonchev–Trinajstić information content (AvgIpc) is 2.76. The van der Waals surface area contributed by atoms with Crippen LogP contribution in [0.4, 0.5) is 0 Å². The van der Waals surface area contributed by atoms with Crippen molar-refractivity contribution in [1.29, 1.82) is 0 Å². The first-order chi connectivity index (χ1) is 11.6. The molecular formula is C18H25N3O3. The van der Waals surface area contributed by atoms with Crippen LogP contribution in [0.25, 0.3) is 0 Å². The van der Waals surface area contributed by atoms with Crippen LogP contribution >= 0.6 is 0 Å². The zero-order valence-corrected chi connectivity index (χ0v) is 14.3. The maximum absolute atomic E-state index is 12.3. The van der Waals surface area contributed by atoms with Crippen LogP contribution in [0.2, 0.25) is 0 Å². The first kappa shape index (κ1) is 18.0. The Kier molecular flexibility index (Phi) is 6.81. The molecular weight excluding hydrogens is 306 g/mol. The molecule has 0 aliphatic carbocycles. The highest BCUT2D eigenvalue weighted by Crippen LogP contribution is 2.22. The van der Waals surface area contributed by atoms with Crippen molar-refractivity contribution < 1.29 is 14.3 Å². The third kappa shape index (κ3) is 5.70. The van der Waals surface area contributed by atoms with Gasteiger partial charge in [-0.2, -0.15) is 0 Å². The molecule has 0 spiro atoms. The molecule has 0 atom stereocenters.